The lowest BCUT2D eigenvalue weighted by Gasteiger charge is -2.33. The average molecular weight is 275 g/mol. The second kappa shape index (κ2) is 5.15. The quantitative estimate of drug-likeness (QED) is 0.887. The molecule has 110 valence electrons. The van der Waals surface area contributed by atoms with Crippen LogP contribution < -0.4 is 11.1 Å². The number of carbonyl (C=O) groups excluding carboxylic acids is 1. The van der Waals surface area contributed by atoms with Gasteiger partial charge in [0.25, 0.3) is 5.91 Å². The number of nitrogens with one attached hydrogen (secondary N) is 1. The molecule has 0 aliphatic heterocycles. The minimum absolute atomic E-state index is 0.0281. The zero-order chi connectivity index (χ0) is 14.2. The van der Waals surface area contributed by atoms with Crippen molar-refractivity contribution in [2.75, 3.05) is 12.3 Å². The molecule has 0 atom stereocenters. The summed E-state index contributed by atoms with van der Waals surface area (Å²) in [6.07, 6.45) is 10.6. The Hall–Kier alpha value is -1.45. The molecule has 4 heteroatoms. The molecule has 1 aromatic heterocycles. The fraction of sp³-hybridized carbons (Fsp3) is 0.688. The van der Waals surface area contributed by atoms with Crippen LogP contribution in [0.15, 0.2) is 12.3 Å². The molecule has 20 heavy (non-hydrogen) atoms. The summed E-state index contributed by atoms with van der Waals surface area (Å²) < 4.78 is 2.05. The summed E-state index contributed by atoms with van der Waals surface area (Å²) in [6, 6.07) is 2.29. The Balaban J connectivity index is 1.64. The summed E-state index contributed by atoms with van der Waals surface area (Å²) in [5.41, 5.74) is 7.53. The predicted octanol–water partition coefficient (Wildman–Crippen LogP) is 3.11. The fourth-order valence-corrected chi connectivity index (χ4v) is 3.30. The Morgan fingerprint density at radius 1 is 1.40 bits per heavy atom. The number of nitrogens with zero attached hydrogens (tertiary/aromatic N) is 1. The van der Waals surface area contributed by atoms with Gasteiger partial charge in [-0.3, -0.25) is 4.79 Å². The first-order valence-corrected chi connectivity index (χ1v) is 7.83. The van der Waals surface area contributed by atoms with Gasteiger partial charge in [-0.2, -0.15) is 0 Å². The van der Waals surface area contributed by atoms with E-state index in [4.69, 9.17) is 5.73 Å². The van der Waals surface area contributed by atoms with Crippen molar-refractivity contribution < 1.29 is 4.79 Å². The van der Waals surface area contributed by atoms with Crippen LogP contribution in [0.25, 0.3) is 0 Å². The molecular formula is C16H25N3O. The molecule has 0 radical (unpaired) electrons. The van der Waals surface area contributed by atoms with Crippen LogP contribution in [0, 0.1) is 5.41 Å². The van der Waals surface area contributed by atoms with Gasteiger partial charge in [0.2, 0.25) is 0 Å². The molecule has 2 aliphatic rings. The minimum Gasteiger partial charge on any atom is -0.397 e. The van der Waals surface area contributed by atoms with Crippen molar-refractivity contribution in [2.24, 2.45) is 5.41 Å². The summed E-state index contributed by atoms with van der Waals surface area (Å²) in [5, 5.41) is 3.13. The van der Waals surface area contributed by atoms with E-state index in [1.807, 2.05) is 10.8 Å². The van der Waals surface area contributed by atoms with Crippen LogP contribution in [0.2, 0.25) is 0 Å². The average Bonchev–Trinajstić information content (AvgIpc) is 3.20. The second-order valence-corrected chi connectivity index (χ2v) is 6.85. The third-order valence-corrected chi connectivity index (χ3v) is 4.78. The Labute approximate surface area is 120 Å². The molecule has 1 amide bonds. The van der Waals surface area contributed by atoms with Gasteiger partial charge in [0.05, 0.1) is 5.69 Å². The molecule has 3 rings (SSSR count). The summed E-state index contributed by atoms with van der Waals surface area (Å²) in [7, 11) is 0. The van der Waals surface area contributed by atoms with Gasteiger partial charge in [0, 0.05) is 18.8 Å². The third kappa shape index (κ3) is 2.84. The van der Waals surface area contributed by atoms with E-state index >= 15 is 0 Å². The molecule has 4 nitrogen and oxygen atoms in total. The second-order valence-electron chi connectivity index (χ2n) is 6.85. The molecular weight excluding hydrogens is 250 g/mol. The van der Waals surface area contributed by atoms with Crippen LogP contribution in [-0.2, 0) is 0 Å². The SMILES string of the molecule is CC1(CNC(=O)c2cc(N)cn2C2CC2)CCCCC1. The molecule has 0 aromatic carbocycles. The highest BCUT2D eigenvalue weighted by Gasteiger charge is 2.30. The largest absolute Gasteiger partial charge is 0.397 e. The molecule has 1 heterocycles. The first kappa shape index (κ1) is 13.5. The number of hydrogen-bond acceptors (Lipinski definition) is 2. The maximum Gasteiger partial charge on any atom is 0.268 e. The van der Waals surface area contributed by atoms with E-state index in [1.54, 1.807) is 6.07 Å². The minimum atomic E-state index is 0.0281. The van der Waals surface area contributed by atoms with E-state index in [1.165, 1.54) is 32.1 Å². The van der Waals surface area contributed by atoms with Crippen LogP contribution in [-0.4, -0.2) is 17.0 Å². The third-order valence-electron chi connectivity index (χ3n) is 4.78. The standard InChI is InChI=1S/C16H25N3O/c1-16(7-3-2-4-8-16)11-18-15(20)14-9-12(17)10-19(14)13-5-6-13/h9-10,13H,2-8,11,17H2,1H3,(H,18,20). The number of aromatic nitrogens is 1. The van der Waals surface area contributed by atoms with Crippen LogP contribution in [0.5, 0.6) is 0 Å². The van der Waals surface area contributed by atoms with Crippen molar-refractivity contribution in [3.8, 4) is 0 Å². The van der Waals surface area contributed by atoms with Gasteiger partial charge in [-0.05, 0) is 37.2 Å². The van der Waals surface area contributed by atoms with Crippen molar-refractivity contribution in [1.82, 2.24) is 9.88 Å². The number of anilines is 1. The van der Waals surface area contributed by atoms with E-state index in [2.05, 4.69) is 12.2 Å². The number of carbonyl (C=O) groups is 1. The van der Waals surface area contributed by atoms with E-state index in [0.29, 0.717) is 11.7 Å². The van der Waals surface area contributed by atoms with E-state index in [-0.39, 0.29) is 11.3 Å². The Kier molecular flexibility index (Phi) is 3.48. The van der Waals surface area contributed by atoms with E-state index in [0.717, 1.165) is 25.1 Å². The summed E-state index contributed by atoms with van der Waals surface area (Å²) >= 11 is 0. The van der Waals surface area contributed by atoms with E-state index in [9.17, 15) is 4.79 Å². The highest BCUT2D eigenvalue weighted by Crippen LogP contribution is 2.37. The van der Waals surface area contributed by atoms with Gasteiger partial charge in [0.1, 0.15) is 5.69 Å². The van der Waals surface area contributed by atoms with Gasteiger partial charge in [-0.25, -0.2) is 0 Å². The zero-order valence-electron chi connectivity index (χ0n) is 12.3. The number of rotatable bonds is 4. The van der Waals surface area contributed by atoms with Crippen molar-refractivity contribution in [3.05, 3.63) is 18.0 Å². The number of nitrogens with two attached hydrogens (primary N) is 1. The normalized spacial score (nSPS) is 21.6. The van der Waals surface area contributed by atoms with Crippen LogP contribution in [0.3, 0.4) is 0 Å². The Bertz CT molecular complexity index is 496. The fourth-order valence-electron chi connectivity index (χ4n) is 3.30. The molecule has 3 N–H and O–H groups in total. The molecule has 0 saturated heterocycles. The lowest BCUT2D eigenvalue weighted by molar-refractivity contribution is 0.0909. The molecule has 2 saturated carbocycles. The van der Waals surface area contributed by atoms with Gasteiger partial charge in [0.15, 0.2) is 0 Å². The molecule has 2 aliphatic carbocycles. The van der Waals surface area contributed by atoms with Gasteiger partial charge in [-0.1, -0.05) is 26.2 Å². The first-order valence-electron chi connectivity index (χ1n) is 7.83. The van der Waals surface area contributed by atoms with Gasteiger partial charge >= 0.3 is 0 Å². The van der Waals surface area contributed by atoms with Crippen molar-refractivity contribution in [3.63, 3.8) is 0 Å². The maximum absolute atomic E-state index is 12.4. The van der Waals surface area contributed by atoms with E-state index < -0.39 is 0 Å². The first-order chi connectivity index (χ1) is 9.57. The maximum atomic E-state index is 12.4. The molecule has 2 fully saturated rings. The summed E-state index contributed by atoms with van der Waals surface area (Å²) in [4.78, 5) is 12.4. The molecule has 0 bridgehead atoms. The van der Waals surface area contributed by atoms with Crippen molar-refractivity contribution in [1.29, 1.82) is 0 Å². The highest BCUT2D eigenvalue weighted by atomic mass is 16.1. The summed E-state index contributed by atoms with van der Waals surface area (Å²) in [5.74, 6) is 0.0281. The smallest absolute Gasteiger partial charge is 0.268 e. The lowest BCUT2D eigenvalue weighted by Crippen LogP contribution is -2.37. The van der Waals surface area contributed by atoms with Crippen LogP contribution in [0.4, 0.5) is 5.69 Å². The van der Waals surface area contributed by atoms with Gasteiger partial charge in [-0.15, -0.1) is 0 Å². The molecule has 0 spiro atoms. The van der Waals surface area contributed by atoms with Crippen molar-refractivity contribution in [2.45, 2.75) is 57.9 Å². The lowest BCUT2D eigenvalue weighted by atomic mass is 9.76. The molecule has 1 aromatic rings. The number of amides is 1. The Morgan fingerprint density at radius 2 is 2.10 bits per heavy atom. The van der Waals surface area contributed by atoms with Gasteiger partial charge < -0.3 is 15.6 Å². The zero-order valence-corrected chi connectivity index (χ0v) is 12.3. The number of nitrogen functional groups attached to an aromatic ring is 1. The summed E-state index contributed by atoms with van der Waals surface area (Å²) in [6.45, 7) is 3.07. The predicted molar refractivity (Wildman–Crippen MR) is 80.6 cm³/mol. The van der Waals surface area contributed by atoms with Crippen molar-refractivity contribution >= 4 is 11.6 Å². The molecule has 0 unspecified atom stereocenters. The van der Waals surface area contributed by atoms with Crippen LogP contribution >= 0.6 is 0 Å². The number of hydrogen-bond donors (Lipinski definition) is 2. The topological polar surface area (TPSA) is 60.1 Å². The highest BCUT2D eigenvalue weighted by molar-refractivity contribution is 5.93. The van der Waals surface area contributed by atoms with Crippen LogP contribution in [0.1, 0.15) is 68.4 Å². The Morgan fingerprint density at radius 3 is 2.75 bits per heavy atom. The monoisotopic (exact) mass is 275 g/mol.